The van der Waals surface area contributed by atoms with Crippen molar-refractivity contribution in [1.29, 1.82) is 0 Å². The van der Waals surface area contributed by atoms with Crippen molar-refractivity contribution in [2.24, 2.45) is 17.8 Å². The van der Waals surface area contributed by atoms with Gasteiger partial charge in [0.25, 0.3) is 0 Å². The molecule has 0 nitrogen and oxygen atoms in total. The molecule has 3 unspecified atom stereocenters. The minimum Gasteiger partial charge on any atom is -0.223 e. The van der Waals surface area contributed by atoms with Crippen LogP contribution >= 0.6 is 0 Å². The summed E-state index contributed by atoms with van der Waals surface area (Å²) in [6.07, 6.45) is -10.8. The number of hydrogen-bond acceptors (Lipinski definition) is 0. The maximum absolute atomic E-state index is 13.9. The van der Waals surface area contributed by atoms with Gasteiger partial charge in [0.1, 0.15) is 0 Å². The molecular weight excluding hydrogens is 265 g/mol. The number of rotatable bonds is 2. The molecule has 0 spiro atoms. The summed E-state index contributed by atoms with van der Waals surface area (Å²) >= 11 is 0. The molecule has 3 atom stereocenters. The summed E-state index contributed by atoms with van der Waals surface area (Å²) in [4.78, 5) is 0. The van der Waals surface area contributed by atoms with Crippen molar-refractivity contribution in [3.63, 3.8) is 0 Å². The fraction of sp³-hybridized carbons (Fsp3) is 0.818. The first-order chi connectivity index (χ1) is 7.96. The van der Waals surface area contributed by atoms with Crippen molar-refractivity contribution < 1.29 is 30.7 Å². The Labute approximate surface area is 101 Å². The summed E-state index contributed by atoms with van der Waals surface area (Å²) in [5.41, 5.74) is -5.17. The van der Waals surface area contributed by atoms with Crippen LogP contribution in [0, 0.1) is 31.1 Å². The molecule has 18 heavy (non-hydrogen) atoms. The SMILES string of the molecule is [CH2]CC1C[CH]C(C)C1C(F)(C(F)(F)F)C(F)(F)F. The molecule has 0 saturated heterocycles. The Kier molecular flexibility index (Phi) is 3.94. The van der Waals surface area contributed by atoms with Gasteiger partial charge >= 0.3 is 18.0 Å². The van der Waals surface area contributed by atoms with Gasteiger partial charge in [-0.15, -0.1) is 0 Å². The predicted octanol–water partition coefficient (Wildman–Crippen LogP) is 4.52. The average Bonchev–Trinajstić information content (AvgIpc) is 2.55. The number of hydrogen-bond donors (Lipinski definition) is 0. The molecule has 1 saturated carbocycles. The molecule has 0 N–H and O–H groups in total. The van der Waals surface area contributed by atoms with Crippen LogP contribution in [0.3, 0.4) is 0 Å². The summed E-state index contributed by atoms with van der Waals surface area (Å²) in [6, 6.07) is 0. The lowest BCUT2D eigenvalue weighted by Gasteiger charge is -2.39. The molecule has 1 fully saturated rings. The third-order valence-corrected chi connectivity index (χ3v) is 3.54. The Morgan fingerprint density at radius 3 is 1.83 bits per heavy atom. The second-order valence-corrected chi connectivity index (χ2v) is 4.61. The van der Waals surface area contributed by atoms with Crippen LogP contribution in [0.2, 0.25) is 0 Å². The summed E-state index contributed by atoms with van der Waals surface area (Å²) in [7, 11) is 0. The minimum atomic E-state index is -5.98. The molecule has 0 amide bonds. The summed E-state index contributed by atoms with van der Waals surface area (Å²) in [6.45, 7) is 4.48. The summed E-state index contributed by atoms with van der Waals surface area (Å²) in [5, 5.41) is 0. The monoisotopic (exact) mass is 278 g/mol. The Morgan fingerprint density at radius 1 is 1.06 bits per heavy atom. The highest BCUT2D eigenvalue weighted by molar-refractivity contribution is 5.09. The van der Waals surface area contributed by atoms with Crippen molar-refractivity contribution in [3.05, 3.63) is 13.3 Å². The van der Waals surface area contributed by atoms with Crippen molar-refractivity contribution >= 4 is 0 Å². The van der Waals surface area contributed by atoms with E-state index in [1.807, 2.05) is 0 Å². The van der Waals surface area contributed by atoms with Crippen LogP contribution in [0.4, 0.5) is 30.7 Å². The van der Waals surface area contributed by atoms with Gasteiger partial charge in [-0.05, 0) is 24.7 Å². The molecule has 1 aliphatic carbocycles. The topological polar surface area (TPSA) is 0 Å². The van der Waals surface area contributed by atoms with Crippen LogP contribution in [0.25, 0.3) is 0 Å². The largest absolute Gasteiger partial charge is 0.431 e. The lowest BCUT2D eigenvalue weighted by Crippen LogP contribution is -2.60. The predicted molar refractivity (Wildman–Crippen MR) is 51.0 cm³/mol. The van der Waals surface area contributed by atoms with Gasteiger partial charge in [-0.1, -0.05) is 20.3 Å². The standard InChI is InChI=1S/C11H13F7/c1-3-7-5-4-6(2)8(7)9(12,10(13,14)15)11(16,17)18/h4,6-8H,1,3,5H2,2H3. The molecule has 0 heterocycles. The van der Waals surface area contributed by atoms with Gasteiger partial charge in [-0.2, -0.15) is 26.3 Å². The van der Waals surface area contributed by atoms with Crippen molar-refractivity contribution in [2.45, 2.75) is 37.8 Å². The van der Waals surface area contributed by atoms with E-state index in [9.17, 15) is 30.7 Å². The zero-order valence-corrected chi connectivity index (χ0v) is 9.58. The van der Waals surface area contributed by atoms with Crippen LogP contribution in [-0.2, 0) is 0 Å². The molecule has 7 heteroatoms. The second-order valence-electron chi connectivity index (χ2n) is 4.61. The van der Waals surface area contributed by atoms with Gasteiger partial charge < -0.3 is 0 Å². The van der Waals surface area contributed by atoms with E-state index >= 15 is 0 Å². The van der Waals surface area contributed by atoms with Gasteiger partial charge in [0.05, 0.1) is 0 Å². The molecule has 0 aromatic carbocycles. The first-order valence-corrected chi connectivity index (χ1v) is 5.41. The summed E-state index contributed by atoms with van der Waals surface area (Å²) in [5.74, 6) is -4.30. The molecule has 1 rings (SSSR count). The molecule has 1 aliphatic rings. The van der Waals surface area contributed by atoms with Crippen LogP contribution in [0.15, 0.2) is 0 Å². The number of halogens is 7. The van der Waals surface area contributed by atoms with Crippen molar-refractivity contribution in [1.82, 2.24) is 0 Å². The minimum absolute atomic E-state index is 0.0210. The van der Waals surface area contributed by atoms with E-state index in [0.717, 1.165) is 0 Å². The van der Waals surface area contributed by atoms with Gasteiger partial charge in [0, 0.05) is 5.92 Å². The van der Waals surface area contributed by atoms with E-state index in [1.54, 1.807) is 0 Å². The first-order valence-electron chi connectivity index (χ1n) is 5.41. The molecule has 106 valence electrons. The molecule has 0 aromatic heterocycles. The highest BCUT2D eigenvalue weighted by Gasteiger charge is 2.77. The highest BCUT2D eigenvalue weighted by Crippen LogP contribution is 2.58. The van der Waals surface area contributed by atoms with E-state index in [4.69, 9.17) is 0 Å². The molecule has 0 aliphatic heterocycles. The molecule has 2 radical (unpaired) electrons. The molecule has 0 bridgehead atoms. The maximum atomic E-state index is 13.9. The third kappa shape index (κ3) is 2.20. The second kappa shape index (κ2) is 4.56. The van der Waals surface area contributed by atoms with E-state index in [0.29, 0.717) is 0 Å². The van der Waals surface area contributed by atoms with E-state index in [2.05, 4.69) is 6.92 Å². The lowest BCUT2D eigenvalue weighted by molar-refractivity contribution is -0.363. The van der Waals surface area contributed by atoms with Crippen LogP contribution in [0.1, 0.15) is 19.8 Å². The van der Waals surface area contributed by atoms with Crippen LogP contribution < -0.4 is 0 Å². The Bertz CT molecular complexity index is 277. The van der Waals surface area contributed by atoms with E-state index in [1.165, 1.54) is 13.3 Å². The van der Waals surface area contributed by atoms with Gasteiger partial charge in [0.15, 0.2) is 0 Å². The molecular formula is C11H13F7. The fourth-order valence-corrected chi connectivity index (χ4v) is 2.64. The number of alkyl halides is 7. The van der Waals surface area contributed by atoms with Gasteiger partial charge in [-0.3, -0.25) is 0 Å². The van der Waals surface area contributed by atoms with Crippen molar-refractivity contribution in [2.75, 3.05) is 0 Å². The fourth-order valence-electron chi connectivity index (χ4n) is 2.64. The van der Waals surface area contributed by atoms with E-state index in [-0.39, 0.29) is 12.8 Å². The smallest absolute Gasteiger partial charge is 0.223 e. The average molecular weight is 278 g/mol. The van der Waals surface area contributed by atoms with Gasteiger partial charge in [0.2, 0.25) is 0 Å². The van der Waals surface area contributed by atoms with Crippen LogP contribution in [0.5, 0.6) is 0 Å². The lowest BCUT2D eigenvalue weighted by atomic mass is 9.75. The zero-order chi connectivity index (χ0) is 14.4. The van der Waals surface area contributed by atoms with E-state index < -0.39 is 35.8 Å². The Hall–Kier alpha value is -0.490. The first kappa shape index (κ1) is 15.6. The quantitative estimate of drug-likeness (QED) is 0.651. The van der Waals surface area contributed by atoms with Crippen molar-refractivity contribution in [3.8, 4) is 0 Å². The van der Waals surface area contributed by atoms with Crippen LogP contribution in [-0.4, -0.2) is 18.0 Å². The van der Waals surface area contributed by atoms with Gasteiger partial charge in [-0.25, -0.2) is 4.39 Å². The maximum Gasteiger partial charge on any atom is 0.431 e. The normalized spacial score (nSPS) is 30.8. The third-order valence-electron chi connectivity index (χ3n) is 3.54. The molecule has 0 aromatic rings. The Morgan fingerprint density at radius 2 is 1.50 bits per heavy atom. The highest BCUT2D eigenvalue weighted by atomic mass is 19.4. The summed E-state index contributed by atoms with van der Waals surface area (Å²) < 4.78 is 89.5. The Balaban J connectivity index is 3.27. The zero-order valence-electron chi connectivity index (χ0n) is 9.58.